The topological polar surface area (TPSA) is 66.9 Å². The van der Waals surface area contributed by atoms with Crippen molar-refractivity contribution >= 4 is 10.9 Å². The van der Waals surface area contributed by atoms with Gasteiger partial charge in [-0.05, 0) is 31.2 Å². The SMILES string of the molecule is O=c1[nH]c2ccc(F)cc2c(=O)n1C1CCNC1. The molecule has 94 valence electrons. The van der Waals surface area contributed by atoms with E-state index in [1.165, 1.54) is 16.7 Å². The summed E-state index contributed by atoms with van der Waals surface area (Å²) >= 11 is 0. The molecule has 0 saturated carbocycles. The van der Waals surface area contributed by atoms with E-state index in [9.17, 15) is 14.0 Å². The Labute approximate surface area is 101 Å². The van der Waals surface area contributed by atoms with Crippen molar-refractivity contribution in [1.29, 1.82) is 0 Å². The Kier molecular flexibility index (Phi) is 2.52. The molecule has 2 heterocycles. The molecule has 0 bridgehead atoms. The molecule has 2 aromatic rings. The lowest BCUT2D eigenvalue weighted by Crippen LogP contribution is -2.38. The molecule has 0 amide bonds. The van der Waals surface area contributed by atoms with E-state index in [-0.39, 0.29) is 11.4 Å². The summed E-state index contributed by atoms with van der Waals surface area (Å²) < 4.78 is 14.4. The molecular weight excluding hydrogens is 237 g/mol. The quantitative estimate of drug-likeness (QED) is 0.767. The molecule has 3 rings (SSSR count). The van der Waals surface area contributed by atoms with Gasteiger partial charge in [0.25, 0.3) is 5.56 Å². The molecule has 1 unspecified atom stereocenters. The van der Waals surface area contributed by atoms with Gasteiger partial charge in [0, 0.05) is 6.54 Å². The van der Waals surface area contributed by atoms with Crippen LogP contribution in [-0.4, -0.2) is 22.6 Å². The molecule has 1 atom stereocenters. The van der Waals surface area contributed by atoms with Crippen LogP contribution in [0.15, 0.2) is 27.8 Å². The molecule has 1 aliphatic rings. The van der Waals surface area contributed by atoms with E-state index in [0.29, 0.717) is 12.1 Å². The third-order valence-electron chi connectivity index (χ3n) is 3.29. The number of hydrogen-bond donors (Lipinski definition) is 2. The van der Waals surface area contributed by atoms with Crippen LogP contribution in [0.3, 0.4) is 0 Å². The number of aromatic nitrogens is 2. The summed E-state index contributed by atoms with van der Waals surface area (Å²) in [5.74, 6) is -0.484. The highest BCUT2D eigenvalue weighted by atomic mass is 19.1. The average Bonchev–Trinajstić information content (AvgIpc) is 2.84. The normalized spacial score (nSPS) is 19.5. The third-order valence-corrected chi connectivity index (χ3v) is 3.29. The Hall–Kier alpha value is -1.95. The maximum atomic E-state index is 13.2. The van der Waals surface area contributed by atoms with E-state index < -0.39 is 17.1 Å². The van der Waals surface area contributed by atoms with Crippen LogP contribution in [0.4, 0.5) is 4.39 Å². The van der Waals surface area contributed by atoms with Crippen molar-refractivity contribution in [2.45, 2.75) is 12.5 Å². The highest BCUT2D eigenvalue weighted by molar-refractivity contribution is 5.77. The van der Waals surface area contributed by atoms with Gasteiger partial charge in [0.05, 0.1) is 16.9 Å². The maximum Gasteiger partial charge on any atom is 0.329 e. The number of halogens is 1. The molecule has 6 heteroatoms. The Bertz CT molecular complexity index is 713. The summed E-state index contributed by atoms with van der Waals surface area (Å²) in [4.78, 5) is 26.8. The van der Waals surface area contributed by atoms with Crippen LogP contribution in [0.1, 0.15) is 12.5 Å². The largest absolute Gasteiger partial charge is 0.329 e. The zero-order valence-electron chi connectivity index (χ0n) is 9.57. The van der Waals surface area contributed by atoms with Crippen LogP contribution >= 0.6 is 0 Å². The number of H-pyrrole nitrogens is 1. The van der Waals surface area contributed by atoms with E-state index in [0.717, 1.165) is 19.0 Å². The summed E-state index contributed by atoms with van der Waals surface area (Å²) in [7, 11) is 0. The lowest BCUT2D eigenvalue weighted by molar-refractivity contribution is 0.507. The van der Waals surface area contributed by atoms with Gasteiger partial charge in [-0.2, -0.15) is 0 Å². The van der Waals surface area contributed by atoms with Gasteiger partial charge in [-0.1, -0.05) is 0 Å². The first-order valence-electron chi connectivity index (χ1n) is 5.81. The third kappa shape index (κ3) is 1.65. The first-order chi connectivity index (χ1) is 8.66. The molecule has 2 N–H and O–H groups in total. The second-order valence-corrected chi connectivity index (χ2v) is 4.44. The number of fused-ring (bicyclic) bond motifs is 1. The van der Waals surface area contributed by atoms with Crippen molar-refractivity contribution in [2.75, 3.05) is 13.1 Å². The molecule has 1 aromatic carbocycles. The average molecular weight is 249 g/mol. The first kappa shape index (κ1) is 11.2. The number of aromatic amines is 1. The zero-order chi connectivity index (χ0) is 12.7. The van der Waals surface area contributed by atoms with Crippen molar-refractivity contribution in [3.05, 3.63) is 44.9 Å². The summed E-state index contributed by atoms with van der Waals surface area (Å²) in [5.41, 5.74) is -0.497. The minimum absolute atomic E-state index is 0.158. The Morgan fingerprint density at radius 3 is 2.89 bits per heavy atom. The van der Waals surface area contributed by atoms with E-state index in [1.54, 1.807) is 0 Å². The number of hydrogen-bond acceptors (Lipinski definition) is 3. The molecule has 1 fully saturated rings. The molecule has 5 nitrogen and oxygen atoms in total. The molecular formula is C12H12FN3O2. The fourth-order valence-electron chi connectivity index (χ4n) is 2.39. The van der Waals surface area contributed by atoms with Gasteiger partial charge in [-0.3, -0.25) is 9.36 Å². The minimum Gasteiger partial charge on any atom is -0.315 e. The van der Waals surface area contributed by atoms with Gasteiger partial charge in [-0.15, -0.1) is 0 Å². The lowest BCUT2D eigenvalue weighted by Gasteiger charge is -2.12. The van der Waals surface area contributed by atoms with Crippen molar-refractivity contribution in [1.82, 2.24) is 14.9 Å². The van der Waals surface area contributed by atoms with Crippen LogP contribution in [0, 0.1) is 5.82 Å². The number of nitrogens with zero attached hydrogens (tertiary/aromatic N) is 1. The second kappa shape index (κ2) is 4.06. The predicted octanol–water partition coefficient (Wildman–Crippen LogP) is 0.363. The lowest BCUT2D eigenvalue weighted by atomic mass is 10.2. The van der Waals surface area contributed by atoms with E-state index in [2.05, 4.69) is 10.3 Å². The van der Waals surface area contributed by atoms with Gasteiger partial charge in [0.15, 0.2) is 0 Å². The van der Waals surface area contributed by atoms with Crippen LogP contribution in [0.25, 0.3) is 10.9 Å². The van der Waals surface area contributed by atoms with Crippen molar-refractivity contribution in [3.63, 3.8) is 0 Å². The molecule has 1 aromatic heterocycles. The Balaban J connectivity index is 2.32. The highest BCUT2D eigenvalue weighted by Gasteiger charge is 2.21. The van der Waals surface area contributed by atoms with E-state index in [4.69, 9.17) is 0 Å². The number of benzene rings is 1. The van der Waals surface area contributed by atoms with Crippen LogP contribution in [0.5, 0.6) is 0 Å². The molecule has 1 saturated heterocycles. The minimum atomic E-state index is -0.484. The summed E-state index contributed by atoms with van der Waals surface area (Å²) in [6.07, 6.45) is 0.726. The first-order valence-corrected chi connectivity index (χ1v) is 5.81. The number of nitrogens with one attached hydrogen (secondary N) is 2. The van der Waals surface area contributed by atoms with Gasteiger partial charge >= 0.3 is 5.69 Å². The van der Waals surface area contributed by atoms with Crippen LogP contribution in [-0.2, 0) is 0 Å². The van der Waals surface area contributed by atoms with Gasteiger partial charge in [0.2, 0.25) is 0 Å². The zero-order valence-corrected chi connectivity index (χ0v) is 9.57. The maximum absolute atomic E-state index is 13.2. The highest BCUT2D eigenvalue weighted by Crippen LogP contribution is 2.12. The fourth-order valence-corrected chi connectivity index (χ4v) is 2.39. The summed E-state index contributed by atoms with van der Waals surface area (Å²) in [5, 5.41) is 3.31. The fraction of sp³-hybridized carbons (Fsp3) is 0.333. The predicted molar refractivity (Wildman–Crippen MR) is 65.3 cm³/mol. The van der Waals surface area contributed by atoms with Crippen LogP contribution < -0.4 is 16.6 Å². The second-order valence-electron chi connectivity index (χ2n) is 4.44. The molecule has 0 spiro atoms. The van der Waals surface area contributed by atoms with Crippen molar-refractivity contribution in [2.24, 2.45) is 0 Å². The molecule has 0 radical (unpaired) electrons. The van der Waals surface area contributed by atoms with Crippen LogP contribution in [0.2, 0.25) is 0 Å². The van der Waals surface area contributed by atoms with Gasteiger partial charge in [0.1, 0.15) is 5.82 Å². The summed E-state index contributed by atoms with van der Waals surface area (Å²) in [6, 6.07) is 3.63. The monoisotopic (exact) mass is 249 g/mol. The molecule has 1 aliphatic heterocycles. The Morgan fingerprint density at radius 2 is 2.17 bits per heavy atom. The summed E-state index contributed by atoms with van der Waals surface area (Å²) in [6.45, 7) is 1.36. The number of rotatable bonds is 1. The van der Waals surface area contributed by atoms with Gasteiger partial charge < -0.3 is 10.3 Å². The molecule has 0 aliphatic carbocycles. The van der Waals surface area contributed by atoms with Crippen molar-refractivity contribution in [3.8, 4) is 0 Å². The van der Waals surface area contributed by atoms with Crippen molar-refractivity contribution < 1.29 is 4.39 Å². The Morgan fingerprint density at radius 1 is 1.33 bits per heavy atom. The van der Waals surface area contributed by atoms with E-state index in [1.807, 2.05) is 0 Å². The van der Waals surface area contributed by atoms with E-state index >= 15 is 0 Å². The smallest absolute Gasteiger partial charge is 0.315 e. The standard InChI is InChI=1S/C12H12FN3O2/c13-7-1-2-10-9(5-7)11(17)16(12(18)15-10)8-3-4-14-6-8/h1-2,5,8,14H,3-4,6H2,(H,15,18). The molecule has 18 heavy (non-hydrogen) atoms. The van der Waals surface area contributed by atoms with Gasteiger partial charge in [-0.25, -0.2) is 9.18 Å².